The molecule has 0 aliphatic carbocycles. The molecule has 0 aliphatic rings. The minimum Gasteiger partial charge on any atom is -0.483 e. The van der Waals surface area contributed by atoms with Crippen LogP contribution in [-0.4, -0.2) is 50.1 Å². The molecule has 5 nitrogen and oxygen atoms in total. The van der Waals surface area contributed by atoms with E-state index in [-0.39, 0.29) is 6.47 Å². The molecule has 0 rings (SSSR count). The Bertz CT molecular complexity index is 97.4. The molecule has 5 heteroatoms. The Kier molecular flexibility index (Phi) is 30.8. The van der Waals surface area contributed by atoms with E-state index in [4.69, 9.17) is 9.90 Å². The monoisotopic (exact) mass is 192 g/mol. The van der Waals surface area contributed by atoms with Gasteiger partial charge in [-0.25, -0.2) is 0 Å². The molecule has 0 aromatic heterocycles. The smallest absolute Gasteiger partial charge is 0.290 e. The molecule has 80 valence electrons. The van der Waals surface area contributed by atoms with Crippen LogP contribution < -0.4 is 5.32 Å². The van der Waals surface area contributed by atoms with Gasteiger partial charge in [0.15, 0.2) is 0 Å². The van der Waals surface area contributed by atoms with Gasteiger partial charge in [-0.05, 0) is 20.5 Å². The van der Waals surface area contributed by atoms with Crippen LogP contribution in [0.5, 0.6) is 0 Å². The van der Waals surface area contributed by atoms with E-state index in [0.717, 1.165) is 19.5 Å². The van der Waals surface area contributed by atoms with Gasteiger partial charge in [0, 0.05) is 13.6 Å². The summed E-state index contributed by atoms with van der Waals surface area (Å²) >= 11 is 0. The zero-order chi connectivity index (χ0) is 11.1. The first-order valence-corrected chi connectivity index (χ1v) is 4.02. The van der Waals surface area contributed by atoms with Crippen molar-refractivity contribution in [2.24, 2.45) is 0 Å². The van der Waals surface area contributed by atoms with Crippen molar-refractivity contribution in [3.8, 4) is 0 Å². The molecule has 0 unspecified atom stereocenters. The number of nitrogens with one attached hydrogen (secondary N) is 1. The van der Waals surface area contributed by atoms with Crippen molar-refractivity contribution in [1.29, 1.82) is 0 Å². The largest absolute Gasteiger partial charge is 0.483 e. The first-order valence-electron chi connectivity index (χ1n) is 4.02. The van der Waals surface area contributed by atoms with E-state index in [1.54, 1.807) is 11.9 Å². The second kappa shape index (κ2) is 22.4. The van der Waals surface area contributed by atoms with Gasteiger partial charge in [0.25, 0.3) is 6.47 Å². The van der Waals surface area contributed by atoms with Gasteiger partial charge in [-0.2, -0.15) is 0 Å². The van der Waals surface area contributed by atoms with Crippen LogP contribution in [0.25, 0.3) is 0 Å². The molecule has 0 heterocycles. The highest BCUT2D eigenvalue weighted by Crippen LogP contribution is 1.66. The van der Waals surface area contributed by atoms with Crippen LogP contribution in [0, 0.1) is 0 Å². The number of hydrogen-bond donors (Lipinski definition) is 2. The molecule has 0 aromatic rings. The van der Waals surface area contributed by atoms with Crippen molar-refractivity contribution in [3.63, 3.8) is 0 Å². The average molecular weight is 192 g/mol. The molecule has 0 bridgehead atoms. The van der Waals surface area contributed by atoms with Gasteiger partial charge < -0.3 is 15.3 Å². The standard InChI is InChI=1S/C4H9NO.C3H9N.CH2O2/c1-3-5(2)4-6;1-3-4-2;2-1-3/h4H,3H2,1-2H3;4H,3H2,1-2H3;1H,(H,2,3). The van der Waals surface area contributed by atoms with Crippen molar-refractivity contribution in [1.82, 2.24) is 10.2 Å². The maximum Gasteiger partial charge on any atom is 0.290 e. The lowest BCUT2D eigenvalue weighted by molar-refractivity contribution is -0.123. The fraction of sp³-hybridized carbons (Fsp3) is 0.750. The topological polar surface area (TPSA) is 69.6 Å². The summed E-state index contributed by atoms with van der Waals surface area (Å²) in [6.07, 6.45) is 0.806. The molecule has 0 atom stereocenters. The van der Waals surface area contributed by atoms with Crippen LogP contribution in [-0.2, 0) is 9.59 Å². The van der Waals surface area contributed by atoms with Crippen LogP contribution >= 0.6 is 0 Å². The van der Waals surface area contributed by atoms with Crippen LogP contribution in [0.3, 0.4) is 0 Å². The molecule has 2 N–H and O–H groups in total. The van der Waals surface area contributed by atoms with Gasteiger partial charge in [-0.3, -0.25) is 9.59 Å². The lowest BCUT2D eigenvalue weighted by atomic mass is 10.7. The first-order chi connectivity index (χ1) is 6.14. The molecule has 0 saturated carbocycles. The second-order valence-corrected chi connectivity index (χ2v) is 1.99. The fourth-order valence-electron chi connectivity index (χ4n) is 0.0745. The van der Waals surface area contributed by atoms with Crippen molar-refractivity contribution >= 4 is 12.9 Å². The van der Waals surface area contributed by atoms with Crippen molar-refractivity contribution < 1.29 is 14.7 Å². The Morgan fingerprint density at radius 2 is 1.69 bits per heavy atom. The van der Waals surface area contributed by atoms with Gasteiger partial charge >= 0.3 is 0 Å². The second-order valence-electron chi connectivity index (χ2n) is 1.99. The van der Waals surface area contributed by atoms with E-state index < -0.39 is 0 Å². The number of rotatable bonds is 3. The molecule has 0 aliphatic heterocycles. The Labute approximate surface area is 79.7 Å². The Balaban J connectivity index is -0.000000125. The predicted molar refractivity (Wildman–Crippen MR) is 52.7 cm³/mol. The minimum atomic E-state index is -0.250. The minimum absolute atomic E-state index is 0.250. The summed E-state index contributed by atoms with van der Waals surface area (Å²) in [6.45, 7) is 5.61. The highest BCUT2D eigenvalue weighted by molar-refractivity contribution is 5.45. The highest BCUT2D eigenvalue weighted by atomic mass is 16.3. The van der Waals surface area contributed by atoms with Crippen molar-refractivity contribution in [3.05, 3.63) is 0 Å². The Morgan fingerprint density at radius 1 is 1.38 bits per heavy atom. The zero-order valence-electron chi connectivity index (χ0n) is 8.78. The van der Waals surface area contributed by atoms with Crippen molar-refractivity contribution in [2.45, 2.75) is 13.8 Å². The zero-order valence-corrected chi connectivity index (χ0v) is 8.78. The van der Waals surface area contributed by atoms with E-state index in [1.807, 2.05) is 14.0 Å². The number of nitrogens with zero attached hydrogens (tertiary/aromatic N) is 1. The third-order valence-electron chi connectivity index (χ3n) is 1.03. The summed E-state index contributed by atoms with van der Waals surface area (Å²) in [5.74, 6) is 0. The molecule has 0 saturated heterocycles. The third kappa shape index (κ3) is 56.8. The number of carboxylic acid groups (broad SMARTS) is 1. The molecular formula is C8H20N2O3. The number of carbonyl (C=O) groups excluding carboxylic acids is 1. The Morgan fingerprint density at radius 3 is 1.69 bits per heavy atom. The Hall–Kier alpha value is -1.10. The molecule has 1 amide bonds. The lowest BCUT2D eigenvalue weighted by Crippen LogP contribution is -2.13. The number of carbonyl (C=O) groups is 2. The SMILES string of the molecule is CCN(C)C=O.CCNC.O=CO. The maximum atomic E-state index is 9.66. The van der Waals surface area contributed by atoms with Crippen LogP contribution in [0.2, 0.25) is 0 Å². The molecule has 0 spiro atoms. The predicted octanol–water partition coefficient (Wildman–Crippen LogP) is 0.0210. The van der Waals surface area contributed by atoms with E-state index >= 15 is 0 Å². The average Bonchev–Trinajstić information content (AvgIpc) is 2.18. The van der Waals surface area contributed by atoms with E-state index in [1.165, 1.54) is 0 Å². The summed E-state index contributed by atoms with van der Waals surface area (Å²) in [6, 6.07) is 0. The van der Waals surface area contributed by atoms with Crippen LogP contribution in [0.4, 0.5) is 0 Å². The maximum absolute atomic E-state index is 9.66. The van der Waals surface area contributed by atoms with Gasteiger partial charge in [0.1, 0.15) is 0 Å². The lowest BCUT2D eigenvalue weighted by Gasteiger charge is -2.01. The van der Waals surface area contributed by atoms with Crippen molar-refractivity contribution in [2.75, 3.05) is 27.2 Å². The molecule has 0 radical (unpaired) electrons. The summed E-state index contributed by atoms with van der Waals surface area (Å²) in [5.41, 5.74) is 0. The van der Waals surface area contributed by atoms with Gasteiger partial charge in [-0.1, -0.05) is 6.92 Å². The van der Waals surface area contributed by atoms with Gasteiger partial charge in [0.2, 0.25) is 6.41 Å². The normalized spacial score (nSPS) is 6.77. The molecule has 13 heavy (non-hydrogen) atoms. The fourth-order valence-corrected chi connectivity index (χ4v) is 0.0745. The molecular weight excluding hydrogens is 172 g/mol. The third-order valence-corrected chi connectivity index (χ3v) is 1.03. The summed E-state index contributed by atoms with van der Waals surface area (Å²) < 4.78 is 0. The molecule has 0 fully saturated rings. The summed E-state index contributed by atoms with van der Waals surface area (Å²) in [4.78, 5) is 19.6. The quantitative estimate of drug-likeness (QED) is 0.618. The van der Waals surface area contributed by atoms with E-state index in [2.05, 4.69) is 12.2 Å². The summed E-state index contributed by atoms with van der Waals surface area (Å²) in [5, 5.41) is 9.82. The van der Waals surface area contributed by atoms with Crippen LogP contribution in [0.1, 0.15) is 13.8 Å². The number of amides is 1. The summed E-state index contributed by atoms with van der Waals surface area (Å²) in [7, 11) is 3.67. The first kappa shape index (κ1) is 17.8. The van der Waals surface area contributed by atoms with Gasteiger partial charge in [0.05, 0.1) is 0 Å². The number of hydrogen-bond acceptors (Lipinski definition) is 3. The highest BCUT2D eigenvalue weighted by Gasteiger charge is 1.79. The van der Waals surface area contributed by atoms with Crippen LogP contribution in [0.15, 0.2) is 0 Å². The van der Waals surface area contributed by atoms with E-state index in [9.17, 15) is 4.79 Å². The van der Waals surface area contributed by atoms with E-state index in [0.29, 0.717) is 0 Å². The molecule has 0 aromatic carbocycles. The van der Waals surface area contributed by atoms with Gasteiger partial charge in [-0.15, -0.1) is 0 Å².